The molecule has 1 aromatic heterocycles. The molecule has 2 amide bonds. The fraction of sp³-hybridized carbons (Fsp3) is 0.452. The molecule has 3 atom stereocenters. The van der Waals surface area contributed by atoms with Gasteiger partial charge in [-0.05, 0) is 25.0 Å². The molecule has 3 aromatic rings. The molecule has 2 fully saturated rings. The second kappa shape index (κ2) is 13.1. The summed E-state index contributed by atoms with van der Waals surface area (Å²) in [5.74, 6) is 0.246. The Labute approximate surface area is 250 Å². The van der Waals surface area contributed by atoms with Crippen LogP contribution in [-0.2, 0) is 4.74 Å². The zero-order chi connectivity index (χ0) is 29.7. The Kier molecular flexibility index (Phi) is 9.35. The van der Waals surface area contributed by atoms with Crippen molar-refractivity contribution >= 4 is 23.6 Å². The smallest absolute Gasteiger partial charge is 0.407 e. The van der Waals surface area contributed by atoms with Crippen molar-refractivity contribution in [2.75, 3.05) is 40.0 Å². The van der Waals surface area contributed by atoms with Crippen molar-refractivity contribution in [1.82, 2.24) is 19.4 Å². The summed E-state index contributed by atoms with van der Waals surface area (Å²) >= 11 is 6.24. The maximum atomic E-state index is 14.3. The van der Waals surface area contributed by atoms with Gasteiger partial charge in [0.05, 0.1) is 42.3 Å². The number of carbonyl (C=O) groups excluding carboxylic acids is 1. The molecular formula is C31H37ClN4O6. The number of para-hydroxylation sites is 1. The average molecular weight is 597 g/mol. The summed E-state index contributed by atoms with van der Waals surface area (Å²) < 4.78 is 13.3. The van der Waals surface area contributed by atoms with Crippen LogP contribution in [0.1, 0.15) is 48.6 Å². The van der Waals surface area contributed by atoms with Crippen molar-refractivity contribution in [3.63, 3.8) is 0 Å². The molecule has 1 aliphatic carbocycles. The lowest BCUT2D eigenvalue weighted by Crippen LogP contribution is -2.56. The van der Waals surface area contributed by atoms with Crippen molar-refractivity contribution in [3.05, 3.63) is 71.6 Å². The number of benzene rings is 2. The lowest BCUT2D eigenvalue weighted by atomic mass is 9.80. The molecule has 10 nitrogen and oxygen atoms in total. The third-order valence-corrected chi connectivity index (χ3v) is 8.60. The van der Waals surface area contributed by atoms with Crippen molar-refractivity contribution in [3.8, 4) is 17.0 Å². The Morgan fingerprint density at radius 3 is 2.60 bits per heavy atom. The minimum absolute atomic E-state index is 0.157. The van der Waals surface area contributed by atoms with Crippen molar-refractivity contribution in [1.29, 1.82) is 0 Å². The third-order valence-electron chi connectivity index (χ3n) is 8.29. The molecule has 0 bridgehead atoms. The highest BCUT2D eigenvalue weighted by molar-refractivity contribution is 6.32. The quantitative estimate of drug-likeness (QED) is 0.358. The highest BCUT2D eigenvalue weighted by Gasteiger charge is 2.43. The highest BCUT2D eigenvalue weighted by atomic mass is 35.5. The van der Waals surface area contributed by atoms with E-state index in [1.165, 1.54) is 4.90 Å². The summed E-state index contributed by atoms with van der Waals surface area (Å²) in [5.41, 5.74) is 0.621. The van der Waals surface area contributed by atoms with Gasteiger partial charge in [-0.15, -0.1) is 0 Å². The van der Waals surface area contributed by atoms with Crippen LogP contribution in [-0.4, -0.2) is 93.2 Å². The van der Waals surface area contributed by atoms with E-state index in [2.05, 4.69) is 4.98 Å². The van der Waals surface area contributed by atoms with Crippen LogP contribution in [0.15, 0.2) is 60.9 Å². The highest BCUT2D eigenvalue weighted by Crippen LogP contribution is 2.41. The second-order valence-corrected chi connectivity index (χ2v) is 11.4. The van der Waals surface area contributed by atoms with Crippen LogP contribution >= 0.6 is 11.6 Å². The monoisotopic (exact) mass is 596 g/mol. The molecule has 1 aliphatic heterocycles. The van der Waals surface area contributed by atoms with Gasteiger partial charge in [0.1, 0.15) is 11.4 Å². The van der Waals surface area contributed by atoms with Gasteiger partial charge in [-0.2, -0.15) is 0 Å². The molecule has 2 N–H and O–H groups in total. The molecule has 0 radical (unpaired) electrons. The van der Waals surface area contributed by atoms with Gasteiger partial charge >= 0.3 is 6.09 Å². The predicted molar refractivity (Wildman–Crippen MR) is 158 cm³/mol. The molecule has 2 aromatic carbocycles. The van der Waals surface area contributed by atoms with Crippen LogP contribution < -0.4 is 4.74 Å². The van der Waals surface area contributed by atoms with Gasteiger partial charge in [0, 0.05) is 38.7 Å². The maximum absolute atomic E-state index is 14.3. The van der Waals surface area contributed by atoms with Crippen LogP contribution in [0, 0.1) is 0 Å². The minimum atomic E-state index is -1.09. The Balaban J connectivity index is 1.46. The summed E-state index contributed by atoms with van der Waals surface area (Å²) in [6.07, 6.45) is 4.17. The van der Waals surface area contributed by atoms with Gasteiger partial charge < -0.3 is 34.1 Å². The Bertz CT molecular complexity index is 1380. The number of ether oxygens (including phenoxy) is 2. The summed E-state index contributed by atoms with van der Waals surface area (Å²) in [7, 11) is 1.58. The first-order chi connectivity index (χ1) is 20.3. The summed E-state index contributed by atoms with van der Waals surface area (Å²) in [6, 6.07) is 16.0. The largest absolute Gasteiger partial charge is 0.492 e. The molecule has 2 aliphatic rings. The molecule has 5 rings (SSSR count). The van der Waals surface area contributed by atoms with Crippen LogP contribution in [0.25, 0.3) is 11.3 Å². The Morgan fingerprint density at radius 1 is 1.10 bits per heavy atom. The molecule has 0 unspecified atom stereocenters. The molecule has 0 spiro atoms. The number of hydrogen-bond acceptors (Lipinski definition) is 6. The number of carboxylic acid groups (broad SMARTS) is 1. The summed E-state index contributed by atoms with van der Waals surface area (Å²) in [4.78, 5) is 33.8. The van der Waals surface area contributed by atoms with Crippen molar-refractivity contribution in [2.24, 2.45) is 0 Å². The van der Waals surface area contributed by atoms with E-state index < -0.39 is 17.7 Å². The number of halogens is 1. The molecular weight excluding hydrogens is 560 g/mol. The van der Waals surface area contributed by atoms with Crippen LogP contribution in [0.3, 0.4) is 0 Å². The number of aliphatic hydroxyl groups is 1. The van der Waals surface area contributed by atoms with Crippen LogP contribution in [0.2, 0.25) is 5.02 Å². The molecule has 2 heterocycles. The number of amides is 2. The van der Waals surface area contributed by atoms with E-state index in [1.807, 2.05) is 47.0 Å². The molecule has 1 saturated heterocycles. The summed E-state index contributed by atoms with van der Waals surface area (Å²) in [5, 5.41) is 21.8. The van der Waals surface area contributed by atoms with Gasteiger partial charge in [0.15, 0.2) is 5.69 Å². The van der Waals surface area contributed by atoms with E-state index in [9.17, 15) is 19.8 Å². The van der Waals surface area contributed by atoms with Gasteiger partial charge in [0.2, 0.25) is 0 Å². The fourth-order valence-corrected chi connectivity index (χ4v) is 6.39. The number of methoxy groups -OCH3 is 1. The maximum Gasteiger partial charge on any atom is 0.407 e. The first-order valence-electron chi connectivity index (χ1n) is 14.3. The van der Waals surface area contributed by atoms with E-state index in [4.69, 9.17) is 21.1 Å². The average Bonchev–Trinajstić information content (AvgIpc) is 3.43. The predicted octanol–water partition coefficient (Wildman–Crippen LogP) is 4.97. The molecule has 224 valence electrons. The minimum Gasteiger partial charge on any atom is -0.492 e. The van der Waals surface area contributed by atoms with Gasteiger partial charge in [-0.3, -0.25) is 4.79 Å². The lowest BCUT2D eigenvalue weighted by Gasteiger charge is -2.41. The van der Waals surface area contributed by atoms with Crippen LogP contribution in [0.5, 0.6) is 5.75 Å². The second-order valence-electron chi connectivity index (χ2n) is 11.0. The van der Waals surface area contributed by atoms with Crippen LogP contribution in [0.4, 0.5) is 4.79 Å². The Morgan fingerprint density at radius 2 is 1.86 bits per heavy atom. The number of aromatic nitrogens is 2. The number of piperazine rings is 1. The number of carbonyl (C=O) groups is 2. The zero-order valence-corrected chi connectivity index (χ0v) is 24.4. The van der Waals surface area contributed by atoms with E-state index in [-0.39, 0.29) is 50.5 Å². The van der Waals surface area contributed by atoms with Crippen molar-refractivity contribution in [2.45, 2.75) is 49.8 Å². The standard InChI is InChI=1S/C31H37ClN4O6/c1-41-20-31(40)15-8-7-13-26(31)36-21-33-27(28(36)22-9-3-2-4-10-22)29(37)35-17-16-34(30(38)39)19-23(35)14-18-42-25-12-6-5-11-24(25)32/h2-6,9-12,21,23,26,40H,7-8,13-20H2,1H3,(H,38,39)/t23-,26-,31-/m1/s1. The molecule has 11 heteroatoms. The van der Waals surface area contributed by atoms with Gasteiger partial charge in [-0.1, -0.05) is 66.9 Å². The first-order valence-corrected chi connectivity index (χ1v) is 14.7. The summed E-state index contributed by atoms with van der Waals surface area (Å²) in [6.45, 7) is 1.00. The lowest BCUT2D eigenvalue weighted by molar-refractivity contribution is -0.0893. The normalized spacial score (nSPS) is 22.6. The zero-order valence-electron chi connectivity index (χ0n) is 23.7. The fourth-order valence-electron chi connectivity index (χ4n) is 6.20. The number of rotatable bonds is 9. The SMILES string of the molecule is COC[C@]1(O)CCCC[C@H]1n1cnc(C(=O)N2CCN(C(=O)O)C[C@H]2CCOc2ccccc2Cl)c1-c1ccccc1. The number of imidazole rings is 1. The van der Waals surface area contributed by atoms with Gasteiger partial charge in [0.25, 0.3) is 5.91 Å². The van der Waals surface area contributed by atoms with E-state index >= 15 is 0 Å². The van der Waals surface area contributed by atoms with E-state index in [0.717, 1.165) is 24.8 Å². The number of hydrogen-bond donors (Lipinski definition) is 2. The van der Waals surface area contributed by atoms with Gasteiger partial charge in [-0.25, -0.2) is 9.78 Å². The Hall–Kier alpha value is -3.60. The molecule has 1 saturated carbocycles. The molecule has 42 heavy (non-hydrogen) atoms. The van der Waals surface area contributed by atoms with E-state index in [0.29, 0.717) is 29.3 Å². The first kappa shape index (κ1) is 29.9. The number of nitrogens with zero attached hydrogens (tertiary/aromatic N) is 4. The van der Waals surface area contributed by atoms with Crippen molar-refractivity contribution < 1.29 is 29.3 Å². The third kappa shape index (κ3) is 6.25. The van der Waals surface area contributed by atoms with E-state index in [1.54, 1.807) is 30.5 Å². The topological polar surface area (TPSA) is 117 Å².